The van der Waals surface area contributed by atoms with Crippen LogP contribution in [0.3, 0.4) is 0 Å². The van der Waals surface area contributed by atoms with E-state index in [1.54, 1.807) is 0 Å². The van der Waals surface area contributed by atoms with E-state index >= 15 is 0 Å². The minimum Gasteiger partial charge on any atom is -0.460 e. The lowest BCUT2D eigenvalue weighted by Crippen LogP contribution is -2.15. The van der Waals surface area contributed by atoms with Gasteiger partial charge in [-0.3, -0.25) is 0 Å². The highest BCUT2D eigenvalue weighted by molar-refractivity contribution is 5.77. The summed E-state index contributed by atoms with van der Waals surface area (Å²) in [5.74, 6) is 1.38. The molecule has 2 N–H and O–H groups in total. The van der Waals surface area contributed by atoms with Gasteiger partial charge in [-0.25, -0.2) is 0 Å². The molecule has 0 aliphatic heterocycles. The highest BCUT2D eigenvalue weighted by atomic mass is 16.3. The van der Waals surface area contributed by atoms with Crippen LogP contribution in [0.15, 0.2) is 34.7 Å². The molecule has 0 fully saturated rings. The van der Waals surface area contributed by atoms with Crippen LogP contribution in [-0.4, -0.2) is 18.3 Å². The maximum atomic E-state index is 8.91. The average molecular weight is 247 g/mol. The molecule has 2 rings (SSSR count). The predicted octanol–water partition coefficient (Wildman–Crippen LogP) is 2.93. The molecule has 1 aromatic heterocycles. The third-order valence-electron chi connectivity index (χ3n) is 3.14. The van der Waals surface area contributed by atoms with Crippen LogP contribution in [-0.2, 0) is 6.54 Å². The maximum Gasteiger partial charge on any atom is 0.134 e. The lowest BCUT2D eigenvalue weighted by Gasteiger charge is -2.07. The Morgan fingerprint density at radius 3 is 2.94 bits per heavy atom. The van der Waals surface area contributed by atoms with E-state index < -0.39 is 0 Å². The van der Waals surface area contributed by atoms with Crippen molar-refractivity contribution >= 4 is 11.0 Å². The van der Waals surface area contributed by atoms with Crippen LogP contribution in [0.5, 0.6) is 0 Å². The molecule has 3 nitrogen and oxygen atoms in total. The number of hydrogen-bond donors (Lipinski definition) is 2. The van der Waals surface area contributed by atoms with Crippen LogP contribution in [0.25, 0.3) is 11.0 Å². The van der Waals surface area contributed by atoms with Crippen LogP contribution >= 0.6 is 0 Å². The lowest BCUT2D eigenvalue weighted by atomic mass is 10.1. The molecule has 18 heavy (non-hydrogen) atoms. The van der Waals surface area contributed by atoms with Crippen molar-refractivity contribution in [2.24, 2.45) is 5.92 Å². The van der Waals surface area contributed by atoms with Gasteiger partial charge < -0.3 is 14.8 Å². The summed E-state index contributed by atoms with van der Waals surface area (Å²) < 4.78 is 5.71. The van der Waals surface area contributed by atoms with Crippen molar-refractivity contribution < 1.29 is 9.52 Å². The first-order chi connectivity index (χ1) is 8.79. The van der Waals surface area contributed by atoms with Gasteiger partial charge in [-0.15, -0.1) is 0 Å². The van der Waals surface area contributed by atoms with E-state index in [2.05, 4.69) is 24.4 Å². The Kier molecular flexibility index (Phi) is 4.79. The van der Waals surface area contributed by atoms with Gasteiger partial charge in [0.25, 0.3) is 0 Å². The second-order valence-corrected chi connectivity index (χ2v) is 4.86. The first kappa shape index (κ1) is 13.1. The predicted molar refractivity (Wildman–Crippen MR) is 73.4 cm³/mol. The number of nitrogens with one attached hydrogen (secondary N) is 1. The topological polar surface area (TPSA) is 45.4 Å². The Morgan fingerprint density at radius 1 is 1.33 bits per heavy atom. The molecule has 0 spiro atoms. The van der Waals surface area contributed by atoms with Gasteiger partial charge in [0.1, 0.15) is 11.3 Å². The highest BCUT2D eigenvalue weighted by Gasteiger charge is 2.03. The Bertz CT molecular complexity index is 445. The number of furan rings is 1. The Balaban J connectivity index is 1.73. The number of aliphatic hydroxyl groups is 1. The van der Waals surface area contributed by atoms with Crippen LogP contribution in [0.2, 0.25) is 0 Å². The molecule has 0 aliphatic rings. The zero-order chi connectivity index (χ0) is 12.8. The smallest absolute Gasteiger partial charge is 0.134 e. The standard InChI is InChI=1S/C15H21NO2/c1-12(11-17)5-4-8-16-10-14-9-13-6-2-3-7-15(13)18-14/h2-3,6-7,9,12,16-17H,4-5,8,10-11H2,1H3. The Labute approximate surface area is 108 Å². The number of para-hydroxylation sites is 1. The molecule has 1 heterocycles. The van der Waals surface area contributed by atoms with Gasteiger partial charge in [0.05, 0.1) is 6.54 Å². The van der Waals surface area contributed by atoms with E-state index in [1.165, 1.54) is 0 Å². The van der Waals surface area contributed by atoms with Crippen molar-refractivity contribution in [2.45, 2.75) is 26.3 Å². The molecule has 3 heteroatoms. The average Bonchev–Trinajstić information content (AvgIpc) is 2.80. The van der Waals surface area contributed by atoms with E-state index in [4.69, 9.17) is 9.52 Å². The van der Waals surface area contributed by atoms with E-state index in [0.717, 1.165) is 42.7 Å². The van der Waals surface area contributed by atoms with Crippen LogP contribution in [0.4, 0.5) is 0 Å². The van der Waals surface area contributed by atoms with Gasteiger partial charge in [0.2, 0.25) is 0 Å². The molecule has 0 saturated carbocycles. The zero-order valence-corrected chi connectivity index (χ0v) is 10.9. The Hall–Kier alpha value is -1.32. The quantitative estimate of drug-likeness (QED) is 0.739. The second-order valence-electron chi connectivity index (χ2n) is 4.86. The summed E-state index contributed by atoms with van der Waals surface area (Å²) in [7, 11) is 0. The molecule has 0 saturated heterocycles. The molecule has 1 aromatic carbocycles. The minimum atomic E-state index is 0.281. The summed E-state index contributed by atoms with van der Waals surface area (Å²) in [6, 6.07) is 10.1. The summed E-state index contributed by atoms with van der Waals surface area (Å²) >= 11 is 0. The molecular weight excluding hydrogens is 226 g/mol. The summed E-state index contributed by atoms with van der Waals surface area (Å²) in [5, 5.41) is 13.4. The molecule has 98 valence electrons. The molecule has 1 atom stereocenters. The van der Waals surface area contributed by atoms with Gasteiger partial charge in [-0.1, -0.05) is 25.1 Å². The normalized spacial score (nSPS) is 13.0. The minimum absolute atomic E-state index is 0.281. The van der Waals surface area contributed by atoms with Crippen molar-refractivity contribution in [2.75, 3.05) is 13.2 Å². The molecule has 0 amide bonds. The zero-order valence-electron chi connectivity index (χ0n) is 10.9. The summed E-state index contributed by atoms with van der Waals surface area (Å²) in [6.45, 7) is 4.08. The monoisotopic (exact) mass is 247 g/mol. The first-order valence-corrected chi connectivity index (χ1v) is 6.58. The van der Waals surface area contributed by atoms with Crippen LogP contribution in [0, 0.1) is 5.92 Å². The van der Waals surface area contributed by atoms with Gasteiger partial charge in [0, 0.05) is 12.0 Å². The number of rotatable bonds is 7. The first-order valence-electron chi connectivity index (χ1n) is 6.58. The van der Waals surface area contributed by atoms with Crippen molar-refractivity contribution in [1.29, 1.82) is 0 Å². The Morgan fingerprint density at radius 2 is 2.17 bits per heavy atom. The van der Waals surface area contributed by atoms with Gasteiger partial charge in [0.15, 0.2) is 0 Å². The number of benzene rings is 1. The fourth-order valence-corrected chi connectivity index (χ4v) is 2.00. The van der Waals surface area contributed by atoms with E-state index in [-0.39, 0.29) is 6.61 Å². The summed E-state index contributed by atoms with van der Waals surface area (Å²) in [5.41, 5.74) is 0.947. The van der Waals surface area contributed by atoms with Crippen molar-refractivity contribution in [3.8, 4) is 0 Å². The number of fused-ring (bicyclic) bond motifs is 1. The van der Waals surface area contributed by atoms with Crippen molar-refractivity contribution in [1.82, 2.24) is 5.32 Å². The lowest BCUT2D eigenvalue weighted by molar-refractivity contribution is 0.228. The number of hydrogen-bond acceptors (Lipinski definition) is 3. The fourth-order valence-electron chi connectivity index (χ4n) is 2.00. The fraction of sp³-hybridized carbons (Fsp3) is 0.467. The largest absolute Gasteiger partial charge is 0.460 e. The van der Waals surface area contributed by atoms with Crippen LogP contribution in [0.1, 0.15) is 25.5 Å². The molecule has 2 aromatic rings. The SMILES string of the molecule is CC(CO)CCCNCc1cc2ccccc2o1. The maximum absolute atomic E-state index is 8.91. The highest BCUT2D eigenvalue weighted by Crippen LogP contribution is 2.18. The number of aliphatic hydroxyl groups excluding tert-OH is 1. The van der Waals surface area contributed by atoms with E-state index in [1.807, 2.05) is 18.2 Å². The third kappa shape index (κ3) is 3.59. The van der Waals surface area contributed by atoms with E-state index in [0.29, 0.717) is 5.92 Å². The second kappa shape index (κ2) is 6.57. The third-order valence-corrected chi connectivity index (χ3v) is 3.14. The van der Waals surface area contributed by atoms with Gasteiger partial charge in [-0.2, -0.15) is 0 Å². The summed E-state index contributed by atoms with van der Waals surface area (Å²) in [4.78, 5) is 0. The van der Waals surface area contributed by atoms with Gasteiger partial charge in [-0.05, 0) is 37.4 Å². The molecule has 0 bridgehead atoms. The molecule has 1 unspecified atom stereocenters. The molecule has 0 aliphatic carbocycles. The summed E-state index contributed by atoms with van der Waals surface area (Å²) in [6.07, 6.45) is 2.14. The van der Waals surface area contributed by atoms with Crippen molar-refractivity contribution in [3.63, 3.8) is 0 Å². The van der Waals surface area contributed by atoms with E-state index in [9.17, 15) is 0 Å². The van der Waals surface area contributed by atoms with Crippen LogP contribution < -0.4 is 5.32 Å². The molecular formula is C15H21NO2. The molecule has 0 radical (unpaired) electrons. The van der Waals surface area contributed by atoms with Gasteiger partial charge >= 0.3 is 0 Å². The van der Waals surface area contributed by atoms with Crippen molar-refractivity contribution in [3.05, 3.63) is 36.1 Å².